The quantitative estimate of drug-likeness (QED) is 0.901. The van der Waals surface area contributed by atoms with Gasteiger partial charge in [-0.1, -0.05) is 36.2 Å². The highest BCUT2D eigenvalue weighted by Crippen LogP contribution is 2.35. The van der Waals surface area contributed by atoms with Gasteiger partial charge < -0.3 is 10.1 Å². The topological polar surface area (TPSA) is 21.3 Å². The van der Waals surface area contributed by atoms with E-state index >= 15 is 0 Å². The third-order valence-electron chi connectivity index (χ3n) is 3.42. The standard InChI is InChI=1S/C14H19Cl2NO/c1-3-17-14(10-6-9(2)18-8-10)12-5-4-11(15)7-13(12)16/h4-5,7,9-10,14,17H,3,6,8H2,1-2H3. The van der Waals surface area contributed by atoms with Gasteiger partial charge in [-0.05, 0) is 37.6 Å². The van der Waals surface area contributed by atoms with Crippen molar-refractivity contribution in [2.24, 2.45) is 5.92 Å². The molecule has 3 unspecified atom stereocenters. The molecular formula is C14H19Cl2NO. The second-order valence-electron chi connectivity index (χ2n) is 4.84. The van der Waals surface area contributed by atoms with Gasteiger partial charge in [0.2, 0.25) is 0 Å². The summed E-state index contributed by atoms with van der Waals surface area (Å²) in [7, 11) is 0. The molecule has 1 aliphatic heterocycles. The van der Waals surface area contributed by atoms with Crippen LogP contribution in [0.1, 0.15) is 31.9 Å². The van der Waals surface area contributed by atoms with E-state index in [1.54, 1.807) is 0 Å². The van der Waals surface area contributed by atoms with Crippen LogP contribution in [0.15, 0.2) is 18.2 Å². The van der Waals surface area contributed by atoms with Crippen molar-refractivity contribution in [2.75, 3.05) is 13.2 Å². The molecule has 1 fully saturated rings. The molecule has 0 saturated carbocycles. The summed E-state index contributed by atoms with van der Waals surface area (Å²) in [6, 6.07) is 5.96. The molecule has 0 aliphatic carbocycles. The van der Waals surface area contributed by atoms with Crippen molar-refractivity contribution in [3.63, 3.8) is 0 Å². The Morgan fingerprint density at radius 3 is 2.78 bits per heavy atom. The molecule has 1 aromatic carbocycles. The monoisotopic (exact) mass is 287 g/mol. The molecule has 18 heavy (non-hydrogen) atoms. The first-order chi connectivity index (χ1) is 8.61. The van der Waals surface area contributed by atoms with Crippen LogP contribution in [0.3, 0.4) is 0 Å². The zero-order chi connectivity index (χ0) is 13.1. The number of hydrogen-bond donors (Lipinski definition) is 1. The van der Waals surface area contributed by atoms with Gasteiger partial charge in [-0.25, -0.2) is 0 Å². The first kappa shape index (κ1) is 14.1. The normalized spacial score (nSPS) is 25.3. The third-order valence-corrected chi connectivity index (χ3v) is 3.98. The van der Waals surface area contributed by atoms with Crippen LogP contribution in [0, 0.1) is 5.92 Å². The number of rotatable bonds is 4. The fourth-order valence-electron chi connectivity index (χ4n) is 2.59. The molecule has 1 aliphatic rings. The maximum atomic E-state index is 6.31. The smallest absolute Gasteiger partial charge is 0.0551 e. The lowest BCUT2D eigenvalue weighted by molar-refractivity contribution is 0.117. The van der Waals surface area contributed by atoms with Gasteiger partial charge in [-0.15, -0.1) is 0 Å². The Hall–Kier alpha value is -0.280. The minimum absolute atomic E-state index is 0.240. The van der Waals surface area contributed by atoms with Crippen LogP contribution >= 0.6 is 23.2 Å². The minimum atomic E-state index is 0.240. The average Bonchev–Trinajstić information content (AvgIpc) is 2.73. The van der Waals surface area contributed by atoms with E-state index in [1.165, 1.54) is 0 Å². The van der Waals surface area contributed by atoms with Crippen LogP contribution < -0.4 is 5.32 Å². The van der Waals surface area contributed by atoms with E-state index in [0.29, 0.717) is 17.0 Å². The molecule has 1 N–H and O–H groups in total. The van der Waals surface area contributed by atoms with E-state index in [9.17, 15) is 0 Å². The predicted molar refractivity (Wildman–Crippen MR) is 76.4 cm³/mol. The molecule has 3 atom stereocenters. The Kier molecular flexibility index (Phi) is 4.91. The van der Waals surface area contributed by atoms with Crippen molar-refractivity contribution < 1.29 is 4.74 Å². The molecule has 1 heterocycles. The summed E-state index contributed by atoms with van der Waals surface area (Å²) >= 11 is 12.3. The minimum Gasteiger partial charge on any atom is -0.378 e. The number of benzene rings is 1. The Morgan fingerprint density at radius 1 is 1.44 bits per heavy atom. The van der Waals surface area contributed by atoms with Crippen molar-refractivity contribution in [1.29, 1.82) is 0 Å². The molecule has 2 rings (SSSR count). The lowest BCUT2D eigenvalue weighted by Gasteiger charge is -2.25. The number of halogens is 2. The van der Waals surface area contributed by atoms with Gasteiger partial charge >= 0.3 is 0 Å². The molecular weight excluding hydrogens is 269 g/mol. The highest BCUT2D eigenvalue weighted by Gasteiger charge is 2.31. The molecule has 4 heteroatoms. The second-order valence-corrected chi connectivity index (χ2v) is 5.68. The van der Waals surface area contributed by atoms with Crippen molar-refractivity contribution in [1.82, 2.24) is 5.32 Å². The SMILES string of the molecule is CCNC(c1ccc(Cl)cc1Cl)C1COC(C)C1. The van der Waals surface area contributed by atoms with Gasteiger partial charge in [0.1, 0.15) is 0 Å². The molecule has 0 amide bonds. The molecule has 0 radical (unpaired) electrons. The van der Waals surface area contributed by atoms with E-state index in [1.807, 2.05) is 18.2 Å². The Bertz CT molecular complexity index is 411. The van der Waals surface area contributed by atoms with Crippen molar-refractivity contribution in [2.45, 2.75) is 32.4 Å². The predicted octanol–water partition coefficient (Wildman–Crippen LogP) is 4.07. The Labute approximate surface area is 119 Å². The average molecular weight is 288 g/mol. The summed E-state index contributed by atoms with van der Waals surface area (Å²) in [4.78, 5) is 0. The fraction of sp³-hybridized carbons (Fsp3) is 0.571. The highest BCUT2D eigenvalue weighted by molar-refractivity contribution is 6.35. The summed E-state index contributed by atoms with van der Waals surface area (Å²) in [6.45, 7) is 5.93. The number of nitrogens with one attached hydrogen (secondary N) is 1. The summed E-state index contributed by atoms with van der Waals surface area (Å²) < 4.78 is 5.67. The lowest BCUT2D eigenvalue weighted by Crippen LogP contribution is -2.29. The van der Waals surface area contributed by atoms with E-state index in [0.717, 1.165) is 30.2 Å². The van der Waals surface area contributed by atoms with Crippen LogP contribution in [0.2, 0.25) is 10.0 Å². The van der Waals surface area contributed by atoms with Gasteiger partial charge in [0.05, 0.1) is 12.7 Å². The van der Waals surface area contributed by atoms with Gasteiger partial charge in [0, 0.05) is 22.0 Å². The number of ether oxygens (including phenoxy) is 1. The van der Waals surface area contributed by atoms with Crippen LogP contribution in [0.5, 0.6) is 0 Å². The molecule has 1 saturated heterocycles. The first-order valence-corrected chi connectivity index (χ1v) is 7.17. The van der Waals surface area contributed by atoms with Crippen molar-refractivity contribution in [3.05, 3.63) is 33.8 Å². The lowest BCUT2D eigenvalue weighted by atomic mass is 9.91. The van der Waals surface area contributed by atoms with E-state index in [-0.39, 0.29) is 6.04 Å². The summed E-state index contributed by atoms with van der Waals surface area (Å²) in [6.07, 6.45) is 1.40. The molecule has 0 spiro atoms. The maximum Gasteiger partial charge on any atom is 0.0551 e. The second kappa shape index (κ2) is 6.25. The van der Waals surface area contributed by atoms with Gasteiger partial charge in [-0.2, -0.15) is 0 Å². The van der Waals surface area contributed by atoms with Crippen LogP contribution in [0.4, 0.5) is 0 Å². The Balaban J connectivity index is 2.23. The van der Waals surface area contributed by atoms with Crippen molar-refractivity contribution >= 4 is 23.2 Å². The van der Waals surface area contributed by atoms with Crippen molar-refractivity contribution in [3.8, 4) is 0 Å². The van der Waals surface area contributed by atoms with Crippen LogP contribution in [-0.4, -0.2) is 19.3 Å². The molecule has 1 aromatic rings. The van der Waals surface area contributed by atoms with Gasteiger partial charge in [0.15, 0.2) is 0 Å². The van der Waals surface area contributed by atoms with E-state index in [4.69, 9.17) is 27.9 Å². The van der Waals surface area contributed by atoms with Crippen LogP contribution in [-0.2, 0) is 4.74 Å². The number of hydrogen-bond acceptors (Lipinski definition) is 2. The first-order valence-electron chi connectivity index (χ1n) is 6.41. The van der Waals surface area contributed by atoms with E-state index in [2.05, 4.69) is 19.2 Å². The molecule has 0 bridgehead atoms. The molecule has 2 nitrogen and oxygen atoms in total. The third kappa shape index (κ3) is 3.18. The van der Waals surface area contributed by atoms with Gasteiger partial charge in [-0.3, -0.25) is 0 Å². The molecule has 0 aromatic heterocycles. The zero-order valence-electron chi connectivity index (χ0n) is 10.7. The van der Waals surface area contributed by atoms with Crippen LogP contribution in [0.25, 0.3) is 0 Å². The summed E-state index contributed by atoms with van der Waals surface area (Å²) in [5.41, 5.74) is 1.12. The summed E-state index contributed by atoms with van der Waals surface area (Å²) in [5, 5.41) is 4.92. The maximum absolute atomic E-state index is 6.31. The Morgan fingerprint density at radius 2 is 2.22 bits per heavy atom. The zero-order valence-corrected chi connectivity index (χ0v) is 12.3. The van der Waals surface area contributed by atoms with Gasteiger partial charge in [0.25, 0.3) is 0 Å². The largest absolute Gasteiger partial charge is 0.378 e. The fourth-order valence-corrected chi connectivity index (χ4v) is 3.11. The highest BCUT2D eigenvalue weighted by atomic mass is 35.5. The molecule has 100 valence electrons. The summed E-state index contributed by atoms with van der Waals surface area (Å²) in [5.74, 6) is 0.471. The van der Waals surface area contributed by atoms with E-state index < -0.39 is 0 Å².